The zero-order chi connectivity index (χ0) is 24.4. The van der Waals surface area contributed by atoms with Crippen molar-refractivity contribution < 1.29 is 19.4 Å². The molecule has 35 heavy (non-hydrogen) atoms. The summed E-state index contributed by atoms with van der Waals surface area (Å²) in [6, 6.07) is 16.3. The van der Waals surface area contributed by atoms with Gasteiger partial charge in [-0.05, 0) is 56.0 Å². The van der Waals surface area contributed by atoms with Gasteiger partial charge in [-0.3, -0.25) is 9.59 Å². The van der Waals surface area contributed by atoms with Crippen molar-refractivity contribution >= 4 is 40.1 Å². The topological polar surface area (TPSA) is 104 Å². The molecule has 1 aliphatic rings. The number of ketones is 1. The fraction of sp³-hybridized carbons (Fsp3) is 0.222. The smallest absolute Gasteiger partial charge is 0.306 e. The molecule has 0 atom stereocenters. The number of aromatic nitrogens is 2. The average Bonchev–Trinajstić information content (AvgIpc) is 3.30. The van der Waals surface area contributed by atoms with E-state index in [1.165, 1.54) is 0 Å². The zero-order valence-electron chi connectivity index (χ0n) is 18.8. The number of pyridine rings is 1. The van der Waals surface area contributed by atoms with Crippen LogP contribution in [0.2, 0.25) is 5.02 Å². The Morgan fingerprint density at radius 2 is 1.77 bits per heavy atom. The van der Waals surface area contributed by atoms with Gasteiger partial charge in [0.15, 0.2) is 5.78 Å². The summed E-state index contributed by atoms with van der Waals surface area (Å²) in [6.07, 6.45) is 6.10. The van der Waals surface area contributed by atoms with Gasteiger partial charge in [0, 0.05) is 35.8 Å². The van der Waals surface area contributed by atoms with Crippen LogP contribution >= 0.6 is 11.6 Å². The number of ether oxygens (including phenoxy) is 1. The van der Waals surface area contributed by atoms with Crippen molar-refractivity contribution in [1.29, 1.82) is 0 Å². The highest BCUT2D eigenvalue weighted by Crippen LogP contribution is 2.34. The van der Waals surface area contributed by atoms with Crippen LogP contribution in [0, 0.1) is 5.92 Å². The third kappa shape index (κ3) is 4.86. The number of carboxylic acids is 1. The van der Waals surface area contributed by atoms with Gasteiger partial charge in [0.1, 0.15) is 17.1 Å². The molecule has 8 heteroatoms. The first-order valence-corrected chi connectivity index (χ1v) is 11.9. The SMILES string of the molecule is O=C(c1ccc(Oc2ccccc2)cc1Cl)c1c[nH]c2nccc(NC3CCC(C(=O)O)CC3)c12. The first-order valence-electron chi connectivity index (χ1n) is 11.5. The summed E-state index contributed by atoms with van der Waals surface area (Å²) in [7, 11) is 0. The van der Waals surface area contributed by atoms with Crippen LogP contribution in [0.25, 0.3) is 11.0 Å². The molecule has 1 fully saturated rings. The van der Waals surface area contributed by atoms with E-state index in [9.17, 15) is 14.7 Å². The lowest BCUT2D eigenvalue weighted by molar-refractivity contribution is -0.142. The molecule has 0 unspecified atom stereocenters. The molecule has 2 aromatic heterocycles. The Labute approximate surface area is 207 Å². The zero-order valence-corrected chi connectivity index (χ0v) is 19.6. The standard InChI is InChI=1S/C27H24ClN3O4/c28-22-14-19(35-18-4-2-1-3-5-18)10-11-20(22)25(32)21-15-30-26-24(21)23(12-13-29-26)31-17-8-6-16(7-9-17)27(33)34/h1-5,10-17H,6-9H2,(H,33,34)(H2,29,30,31). The van der Waals surface area contributed by atoms with E-state index in [0.717, 1.165) is 18.5 Å². The number of carboxylic acid groups (broad SMARTS) is 1. The number of carbonyl (C=O) groups excluding carboxylic acids is 1. The maximum atomic E-state index is 13.5. The fourth-order valence-corrected chi connectivity index (χ4v) is 4.83. The van der Waals surface area contributed by atoms with Crippen molar-refractivity contribution in [3.63, 3.8) is 0 Å². The van der Waals surface area contributed by atoms with Crippen molar-refractivity contribution in [1.82, 2.24) is 9.97 Å². The number of H-pyrrole nitrogens is 1. The highest BCUT2D eigenvalue weighted by Gasteiger charge is 2.27. The number of anilines is 1. The molecule has 1 saturated carbocycles. The van der Waals surface area contributed by atoms with E-state index < -0.39 is 5.97 Å². The van der Waals surface area contributed by atoms with Gasteiger partial charge in [0.2, 0.25) is 0 Å². The van der Waals surface area contributed by atoms with Gasteiger partial charge in [-0.1, -0.05) is 29.8 Å². The van der Waals surface area contributed by atoms with Crippen LogP contribution in [0.15, 0.2) is 67.0 Å². The van der Waals surface area contributed by atoms with Crippen molar-refractivity contribution in [3.8, 4) is 11.5 Å². The van der Waals surface area contributed by atoms with E-state index in [4.69, 9.17) is 16.3 Å². The van der Waals surface area contributed by atoms with Crippen molar-refractivity contribution in [2.45, 2.75) is 31.7 Å². The number of nitrogens with one attached hydrogen (secondary N) is 2. The maximum Gasteiger partial charge on any atom is 0.306 e. The van der Waals surface area contributed by atoms with Gasteiger partial charge in [-0.2, -0.15) is 0 Å². The molecule has 4 aromatic rings. The minimum atomic E-state index is -0.731. The minimum absolute atomic E-state index is 0.132. The second-order valence-electron chi connectivity index (χ2n) is 8.70. The largest absolute Gasteiger partial charge is 0.481 e. The Hall–Kier alpha value is -3.84. The highest BCUT2D eigenvalue weighted by atomic mass is 35.5. The molecule has 0 spiro atoms. The molecule has 0 aliphatic heterocycles. The lowest BCUT2D eigenvalue weighted by Gasteiger charge is -2.28. The highest BCUT2D eigenvalue weighted by molar-refractivity contribution is 6.35. The van der Waals surface area contributed by atoms with Gasteiger partial charge < -0.3 is 20.1 Å². The molecule has 178 valence electrons. The van der Waals surface area contributed by atoms with Crippen LogP contribution in [0.3, 0.4) is 0 Å². The second kappa shape index (κ2) is 9.80. The monoisotopic (exact) mass is 489 g/mol. The number of nitrogens with zero attached hydrogens (tertiary/aromatic N) is 1. The van der Waals surface area contributed by atoms with E-state index in [0.29, 0.717) is 51.5 Å². The van der Waals surface area contributed by atoms with Crippen LogP contribution in [0.5, 0.6) is 11.5 Å². The molecule has 3 N–H and O–H groups in total. The third-order valence-electron chi connectivity index (χ3n) is 6.42. The van der Waals surface area contributed by atoms with E-state index in [1.807, 2.05) is 36.4 Å². The van der Waals surface area contributed by atoms with Gasteiger partial charge in [0.05, 0.1) is 21.9 Å². The lowest BCUT2D eigenvalue weighted by atomic mass is 9.86. The van der Waals surface area contributed by atoms with Crippen LogP contribution in [-0.4, -0.2) is 32.9 Å². The number of carbonyl (C=O) groups is 2. The molecule has 1 aliphatic carbocycles. The van der Waals surface area contributed by atoms with Gasteiger partial charge in [-0.25, -0.2) is 4.98 Å². The molecular weight excluding hydrogens is 466 g/mol. The lowest BCUT2D eigenvalue weighted by Crippen LogP contribution is -2.29. The first-order chi connectivity index (χ1) is 17.0. The van der Waals surface area contributed by atoms with E-state index >= 15 is 0 Å². The number of fused-ring (bicyclic) bond motifs is 1. The summed E-state index contributed by atoms with van der Waals surface area (Å²) in [6.45, 7) is 0. The fourth-order valence-electron chi connectivity index (χ4n) is 4.57. The summed E-state index contributed by atoms with van der Waals surface area (Å²) in [5.41, 5.74) is 2.22. The molecule has 5 rings (SSSR count). The average molecular weight is 490 g/mol. The molecule has 2 heterocycles. The van der Waals surface area contributed by atoms with E-state index in [-0.39, 0.29) is 17.7 Å². The molecular formula is C27H24ClN3O4. The molecule has 0 amide bonds. The Morgan fingerprint density at radius 3 is 2.49 bits per heavy atom. The summed E-state index contributed by atoms with van der Waals surface area (Å²) < 4.78 is 5.82. The molecule has 0 bridgehead atoms. The molecule has 7 nitrogen and oxygen atoms in total. The van der Waals surface area contributed by atoms with E-state index in [1.54, 1.807) is 30.6 Å². The van der Waals surface area contributed by atoms with Crippen LogP contribution in [0.1, 0.15) is 41.6 Å². The minimum Gasteiger partial charge on any atom is -0.481 e. The predicted octanol–water partition coefficient (Wildman–Crippen LogP) is 6.29. The Bertz CT molecular complexity index is 1380. The number of para-hydroxylation sites is 1. The van der Waals surface area contributed by atoms with Crippen molar-refractivity contribution in [2.75, 3.05) is 5.32 Å². The number of benzene rings is 2. The van der Waals surface area contributed by atoms with E-state index in [2.05, 4.69) is 15.3 Å². The van der Waals surface area contributed by atoms with Crippen molar-refractivity contribution in [3.05, 3.63) is 83.1 Å². The number of aromatic amines is 1. The van der Waals surface area contributed by atoms with Gasteiger partial charge >= 0.3 is 5.97 Å². The number of rotatable bonds is 7. The number of hydrogen-bond acceptors (Lipinski definition) is 5. The van der Waals surface area contributed by atoms with Crippen LogP contribution in [-0.2, 0) is 4.79 Å². The summed E-state index contributed by atoms with van der Waals surface area (Å²) in [5, 5.41) is 13.8. The maximum absolute atomic E-state index is 13.5. The van der Waals surface area contributed by atoms with Crippen molar-refractivity contribution in [2.24, 2.45) is 5.92 Å². The molecule has 2 aromatic carbocycles. The van der Waals surface area contributed by atoms with Gasteiger partial charge in [0.25, 0.3) is 0 Å². The normalized spacial score (nSPS) is 17.7. The number of hydrogen-bond donors (Lipinski definition) is 3. The quantitative estimate of drug-likeness (QED) is 0.263. The van der Waals surface area contributed by atoms with Crippen LogP contribution < -0.4 is 10.1 Å². The summed E-state index contributed by atoms with van der Waals surface area (Å²) in [4.78, 5) is 32.2. The van der Waals surface area contributed by atoms with Gasteiger partial charge in [-0.15, -0.1) is 0 Å². The first kappa shape index (κ1) is 22.9. The number of halogens is 1. The number of aliphatic carboxylic acids is 1. The Kier molecular flexibility index (Phi) is 6.42. The molecule has 0 radical (unpaired) electrons. The summed E-state index contributed by atoms with van der Waals surface area (Å²) >= 11 is 6.50. The molecule has 0 saturated heterocycles. The Balaban J connectivity index is 1.39. The van der Waals surface area contributed by atoms with Crippen LogP contribution in [0.4, 0.5) is 5.69 Å². The third-order valence-corrected chi connectivity index (χ3v) is 6.73. The second-order valence-corrected chi connectivity index (χ2v) is 9.11. The summed E-state index contributed by atoms with van der Waals surface area (Å²) in [5.74, 6) is -0.0227. The predicted molar refractivity (Wildman–Crippen MR) is 134 cm³/mol. The Morgan fingerprint density at radius 1 is 1.00 bits per heavy atom.